The lowest BCUT2D eigenvalue weighted by atomic mass is 9.93. The quantitative estimate of drug-likeness (QED) is 0.776. The van der Waals surface area contributed by atoms with E-state index in [0.29, 0.717) is 35.1 Å². The first-order valence-electron chi connectivity index (χ1n) is 8.94. The molecule has 1 aromatic carbocycles. The molecule has 2 amide bonds. The van der Waals surface area contributed by atoms with Gasteiger partial charge >= 0.3 is 0 Å². The molecule has 0 bridgehead atoms. The lowest BCUT2D eigenvalue weighted by Crippen LogP contribution is -2.28. The highest BCUT2D eigenvalue weighted by Gasteiger charge is 2.20. The molecule has 0 unspecified atom stereocenters. The minimum Gasteiger partial charge on any atom is -0.493 e. The SMILES string of the molecule is COc1cc(NC(=O)CCC2CCNCC2)c(C(=O)N(C)C)cc1OC. The van der Waals surface area contributed by atoms with E-state index in [1.165, 1.54) is 19.1 Å². The Hall–Kier alpha value is -2.28. The molecule has 1 aliphatic rings. The number of hydrogen-bond donors (Lipinski definition) is 2. The molecule has 26 heavy (non-hydrogen) atoms. The Morgan fingerprint density at radius 2 is 1.77 bits per heavy atom. The zero-order chi connectivity index (χ0) is 19.1. The maximum absolute atomic E-state index is 12.5. The number of nitrogens with zero attached hydrogens (tertiary/aromatic N) is 1. The van der Waals surface area contributed by atoms with Crippen molar-refractivity contribution in [3.63, 3.8) is 0 Å². The highest BCUT2D eigenvalue weighted by Crippen LogP contribution is 2.34. The number of anilines is 1. The van der Waals surface area contributed by atoms with Crippen LogP contribution in [0.4, 0.5) is 5.69 Å². The zero-order valence-corrected chi connectivity index (χ0v) is 16.1. The molecule has 2 N–H and O–H groups in total. The minimum absolute atomic E-state index is 0.0939. The fourth-order valence-electron chi connectivity index (χ4n) is 3.12. The van der Waals surface area contributed by atoms with Crippen LogP contribution >= 0.6 is 0 Å². The van der Waals surface area contributed by atoms with Crippen LogP contribution in [0.15, 0.2) is 12.1 Å². The number of methoxy groups -OCH3 is 2. The molecule has 1 fully saturated rings. The van der Waals surface area contributed by atoms with E-state index in [0.717, 1.165) is 32.4 Å². The van der Waals surface area contributed by atoms with Crippen molar-refractivity contribution in [2.45, 2.75) is 25.7 Å². The van der Waals surface area contributed by atoms with Crippen LogP contribution in [-0.2, 0) is 4.79 Å². The Bertz CT molecular complexity index is 640. The molecule has 0 saturated carbocycles. The smallest absolute Gasteiger partial charge is 0.255 e. The van der Waals surface area contributed by atoms with Crippen molar-refractivity contribution in [2.75, 3.05) is 46.7 Å². The van der Waals surface area contributed by atoms with Gasteiger partial charge in [0.15, 0.2) is 11.5 Å². The Labute approximate surface area is 155 Å². The number of carbonyl (C=O) groups excluding carboxylic acids is 2. The fourth-order valence-corrected chi connectivity index (χ4v) is 3.12. The lowest BCUT2D eigenvalue weighted by Gasteiger charge is -2.22. The molecule has 0 atom stereocenters. The molecule has 1 saturated heterocycles. The third-order valence-corrected chi connectivity index (χ3v) is 4.67. The second kappa shape index (κ2) is 9.43. The highest BCUT2D eigenvalue weighted by atomic mass is 16.5. The summed E-state index contributed by atoms with van der Waals surface area (Å²) in [5.41, 5.74) is 0.819. The number of ether oxygens (including phenoxy) is 2. The van der Waals surface area contributed by atoms with Gasteiger partial charge in [-0.05, 0) is 44.3 Å². The molecular formula is C19H29N3O4. The second-order valence-corrected chi connectivity index (χ2v) is 6.73. The Kier molecular flexibility index (Phi) is 7.26. The number of rotatable bonds is 7. The van der Waals surface area contributed by atoms with Crippen LogP contribution in [0.25, 0.3) is 0 Å². The largest absolute Gasteiger partial charge is 0.493 e. The number of amides is 2. The van der Waals surface area contributed by atoms with Crippen molar-refractivity contribution in [3.05, 3.63) is 17.7 Å². The van der Waals surface area contributed by atoms with Gasteiger partial charge in [0.1, 0.15) is 0 Å². The monoisotopic (exact) mass is 363 g/mol. The molecule has 7 nitrogen and oxygen atoms in total. The van der Waals surface area contributed by atoms with Gasteiger partial charge in [-0.25, -0.2) is 0 Å². The van der Waals surface area contributed by atoms with E-state index in [2.05, 4.69) is 10.6 Å². The van der Waals surface area contributed by atoms with E-state index in [1.807, 2.05) is 0 Å². The van der Waals surface area contributed by atoms with E-state index in [4.69, 9.17) is 9.47 Å². The summed E-state index contributed by atoms with van der Waals surface area (Å²) in [5.74, 6) is 1.19. The molecule has 1 aliphatic heterocycles. The number of piperidine rings is 1. The Morgan fingerprint density at radius 3 is 2.35 bits per heavy atom. The molecule has 1 heterocycles. The van der Waals surface area contributed by atoms with Crippen LogP contribution in [0, 0.1) is 5.92 Å². The van der Waals surface area contributed by atoms with Crippen molar-refractivity contribution in [1.82, 2.24) is 10.2 Å². The predicted molar refractivity (Wildman–Crippen MR) is 101 cm³/mol. The zero-order valence-electron chi connectivity index (χ0n) is 16.1. The van der Waals surface area contributed by atoms with Gasteiger partial charge in [0.25, 0.3) is 5.91 Å². The number of carbonyl (C=O) groups is 2. The van der Waals surface area contributed by atoms with E-state index in [1.54, 1.807) is 26.2 Å². The second-order valence-electron chi connectivity index (χ2n) is 6.73. The molecule has 0 radical (unpaired) electrons. The Balaban J connectivity index is 2.14. The third kappa shape index (κ3) is 5.11. The van der Waals surface area contributed by atoms with Gasteiger partial charge in [-0.15, -0.1) is 0 Å². The van der Waals surface area contributed by atoms with Gasteiger partial charge in [-0.2, -0.15) is 0 Å². The highest BCUT2D eigenvalue weighted by molar-refractivity contribution is 6.04. The molecule has 7 heteroatoms. The average molecular weight is 363 g/mol. The van der Waals surface area contributed by atoms with Gasteiger partial charge in [-0.1, -0.05) is 0 Å². The van der Waals surface area contributed by atoms with Gasteiger partial charge in [0.05, 0.1) is 25.5 Å². The minimum atomic E-state index is -0.209. The predicted octanol–water partition coefficient (Wildman–Crippen LogP) is 2.12. The van der Waals surface area contributed by atoms with Gasteiger partial charge in [0.2, 0.25) is 5.91 Å². The summed E-state index contributed by atoms with van der Waals surface area (Å²) in [6.07, 6.45) is 3.51. The third-order valence-electron chi connectivity index (χ3n) is 4.67. The van der Waals surface area contributed by atoms with Crippen molar-refractivity contribution in [2.24, 2.45) is 5.92 Å². The summed E-state index contributed by atoms with van der Waals surface area (Å²) in [4.78, 5) is 26.4. The van der Waals surface area contributed by atoms with Crippen molar-refractivity contribution in [3.8, 4) is 11.5 Å². The van der Waals surface area contributed by atoms with E-state index >= 15 is 0 Å². The molecular weight excluding hydrogens is 334 g/mol. The summed E-state index contributed by atoms with van der Waals surface area (Å²) >= 11 is 0. The first-order chi connectivity index (χ1) is 12.5. The molecule has 0 aromatic heterocycles. The van der Waals surface area contributed by atoms with Gasteiger partial charge < -0.3 is 25.0 Å². The first kappa shape index (κ1) is 20.0. The van der Waals surface area contributed by atoms with Gasteiger partial charge in [0, 0.05) is 26.6 Å². The number of benzene rings is 1. The van der Waals surface area contributed by atoms with Crippen LogP contribution in [0.3, 0.4) is 0 Å². The fraction of sp³-hybridized carbons (Fsp3) is 0.579. The summed E-state index contributed by atoms with van der Waals surface area (Å²) in [6, 6.07) is 3.24. The summed E-state index contributed by atoms with van der Waals surface area (Å²) in [6.45, 7) is 2.03. The standard InChI is InChI=1S/C19H29N3O4/c1-22(2)19(24)14-11-16(25-3)17(26-4)12-15(14)21-18(23)6-5-13-7-9-20-10-8-13/h11-13,20H,5-10H2,1-4H3,(H,21,23). The van der Waals surface area contributed by atoms with E-state index < -0.39 is 0 Å². The molecule has 0 aliphatic carbocycles. The van der Waals surface area contributed by atoms with Crippen molar-refractivity contribution >= 4 is 17.5 Å². The maximum atomic E-state index is 12.5. The van der Waals surface area contributed by atoms with Crippen molar-refractivity contribution < 1.29 is 19.1 Å². The molecule has 0 spiro atoms. The van der Waals surface area contributed by atoms with Crippen LogP contribution in [0.1, 0.15) is 36.0 Å². The number of nitrogens with one attached hydrogen (secondary N) is 2. The lowest BCUT2D eigenvalue weighted by molar-refractivity contribution is -0.116. The van der Waals surface area contributed by atoms with Crippen LogP contribution in [0.2, 0.25) is 0 Å². The molecule has 2 rings (SSSR count). The normalized spacial score (nSPS) is 14.6. The first-order valence-corrected chi connectivity index (χ1v) is 8.94. The molecule has 1 aromatic rings. The topological polar surface area (TPSA) is 79.9 Å². The Morgan fingerprint density at radius 1 is 1.15 bits per heavy atom. The van der Waals surface area contributed by atoms with Crippen LogP contribution in [-0.4, -0.2) is 58.1 Å². The number of hydrogen-bond acceptors (Lipinski definition) is 5. The van der Waals surface area contributed by atoms with Gasteiger partial charge in [-0.3, -0.25) is 9.59 Å². The van der Waals surface area contributed by atoms with Crippen LogP contribution in [0.5, 0.6) is 11.5 Å². The summed E-state index contributed by atoms with van der Waals surface area (Å²) in [7, 11) is 6.37. The average Bonchev–Trinajstić information content (AvgIpc) is 2.66. The maximum Gasteiger partial charge on any atom is 0.255 e. The summed E-state index contributed by atoms with van der Waals surface area (Å²) in [5, 5.41) is 6.20. The van der Waals surface area contributed by atoms with E-state index in [-0.39, 0.29) is 11.8 Å². The molecule has 144 valence electrons. The van der Waals surface area contributed by atoms with E-state index in [9.17, 15) is 9.59 Å². The summed E-state index contributed by atoms with van der Waals surface area (Å²) < 4.78 is 10.6. The van der Waals surface area contributed by atoms with Crippen molar-refractivity contribution in [1.29, 1.82) is 0 Å². The van der Waals surface area contributed by atoms with Crippen LogP contribution < -0.4 is 20.1 Å².